The normalized spacial score (nSPS) is 11.5. The average Bonchev–Trinajstić information content (AvgIpc) is 2.52. The lowest BCUT2D eigenvalue weighted by Gasteiger charge is -2.11. The highest BCUT2D eigenvalue weighted by Gasteiger charge is 2.14. The number of nitrogens with zero attached hydrogens (tertiary/aromatic N) is 2. The molecule has 2 aromatic rings. The largest absolute Gasteiger partial charge is 0.378 e. The van der Waals surface area contributed by atoms with E-state index in [-0.39, 0.29) is 4.90 Å². The van der Waals surface area contributed by atoms with E-state index >= 15 is 0 Å². The molecule has 7 heteroatoms. The molecule has 0 fully saturated rings. The Kier molecular flexibility index (Phi) is 5.35. The number of nitrogens with one attached hydrogen (secondary N) is 1. The average molecular weight is 345 g/mol. The predicted octanol–water partition coefficient (Wildman–Crippen LogP) is 2.33. The van der Waals surface area contributed by atoms with Gasteiger partial charge in [0.2, 0.25) is 5.91 Å². The number of anilines is 1. The van der Waals surface area contributed by atoms with E-state index in [9.17, 15) is 13.2 Å². The molecule has 1 amide bonds. The molecule has 0 aliphatic heterocycles. The molecular formula is C17H19N3O3S. The van der Waals surface area contributed by atoms with Gasteiger partial charge in [-0.05, 0) is 42.0 Å². The zero-order valence-corrected chi connectivity index (χ0v) is 14.5. The van der Waals surface area contributed by atoms with Crippen LogP contribution in [0.3, 0.4) is 0 Å². The molecule has 0 aromatic heterocycles. The summed E-state index contributed by atoms with van der Waals surface area (Å²) in [6.07, 6.45) is 1.71. The van der Waals surface area contributed by atoms with Gasteiger partial charge in [-0.1, -0.05) is 12.1 Å². The summed E-state index contributed by atoms with van der Waals surface area (Å²) >= 11 is 0. The van der Waals surface area contributed by atoms with Gasteiger partial charge in [-0.15, -0.1) is 0 Å². The second-order valence-corrected chi connectivity index (χ2v) is 7.08. The topological polar surface area (TPSA) is 78.8 Å². The van der Waals surface area contributed by atoms with E-state index in [0.717, 1.165) is 18.2 Å². The first-order valence-corrected chi connectivity index (χ1v) is 8.71. The second-order valence-electron chi connectivity index (χ2n) is 5.40. The van der Waals surface area contributed by atoms with Gasteiger partial charge in [-0.3, -0.25) is 9.79 Å². The summed E-state index contributed by atoms with van der Waals surface area (Å²) in [5.41, 5.74) is 2.66. The maximum absolute atomic E-state index is 11.8. The van der Waals surface area contributed by atoms with Crippen molar-refractivity contribution in [3.63, 3.8) is 0 Å². The molecule has 0 aliphatic rings. The van der Waals surface area contributed by atoms with Crippen LogP contribution >= 0.6 is 0 Å². The van der Waals surface area contributed by atoms with E-state index in [1.165, 1.54) is 12.1 Å². The van der Waals surface area contributed by atoms with E-state index < -0.39 is 15.9 Å². The van der Waals surface area contributed by atoms with Crippen molar-refractivity contribution in [3.05, 3.63) is 54.1 Å². The Morgan fingerprint density at radius 2 is 1.62 bits per heavy atom. The Hall–Kier alpha value is -2.67. The molecule has 0 heterocycles. The van der Waals surface area contributed by atoms with E-state index in [4.69, 9.17) is 0 Å². The first-order valence-electron chi connectivity index (χ1n) is 7.23. The van der Waals surface area contributed by atoms with Crippen LogP contribution in [0.2, 0.25) is 0 Å². The van der Waals surface area contributed by atoms with Crippen molar-refractivity contribution in [1.29, 1.82) is 0 Å². The van der Waals surface area contributed by atoms with Crippen molar-refractivity contribution in [3.8, 4) is 0 Å². The zero-order chi connectivity index (χ0) is 17.7. The summed E-state index contributed by atoms with van der Waals surface area (Å²) in [5.74, 6) is -0.627. The number of aliphatic imine (C=N–C) groups is 1. The number of amides is 1. The molecular weight excluding hydrogens is 326 g/mol. The lowest BCUT2D eigenvalue weighted by Crippen LogP contribution is -2.28. The molecule has 1 N–H and O–H groups in total. The summed E-state index contributed by atoms with van der Waals surface area (Å²) in [6, 6.07) is 13.9. The van der Waals surface area contributed by atoms with Crippen LogP contribution in [-0.4, -0.2) is 34.6 Å². The SMILES string of the molecule is CC(=O)NS(=O)(=O)c1ccc(N=Cc2ccc(N(C)C)cc2)cc1. The Balaban J connectivity index is 2.12. The molecule has 0 bridgehead atoms. The van der Waals surface area contributed by atoms with Gasteiger partial charge in [-0.2, -0.15) is 0 Å². The maximum atomic E-state index is 11.8. The summed E-state index contributed by atoms with van der Waals surface area (Å²) in [5, 5.41) is 0. The van der Waals surface area contributed by atoms with E-state index in [1.54, 1.807) is 18.3 Å². The monoisotopic (exact) mass is 345 g/mol. The van der Waals surface area contributed by atoms with Crippen molar-refractivity contribution in [1.82, 2.24) is 4.72 Å². The fourth-order valence-electron chi connectivity index (χ4n) is 1.97. The first-order chi connectivity index (χ1) is 11.3. The minimum Gasteiger partial charge on any atom is -0.378 e. The summed E-state index contributed by atoms with van der Waals surface area (Å²) in [4.78, 5) is 17.3. The van der Waals surface area contributed by atoms with Crippen LogP contribution in [0.25, 0.3) is 0 Å². The third kappa shape index (κ3) is 4.66. The predicted molar refractivity (Wildman–Crippen MR) is 95.5 cm³/mol. The van der Waals surface area contributed by atoms with Gasteiger partial charge < -0.3 is 4.90 Å². The first kappa shape index (κ1) is 17.7. The molecule has 0 saturated heterocycles. The molecule has 0 radical (unpaired) electrons. The van der Waals surface area contributed by atoms with Crippen LogP contribution in [0.4, 0.5) is 11.4 Å². The van der Waals surface area contributed by atoms with Gasteiger partial charge in [0.05, 0.1) is 10.6 Å². The zero-order valence-electron chi connectivity index (χ0n) is 13.7. The lowest BCUT2D eigenvalue weighted by atomic mass is 10.2. The van der Waals surface area contributed by atoms with Gasteiger partial charge >= 0.3 is 0 Å². The maximum Gasteiger partial charge on any atom is 0.264 e. The Morgan fingerprint density at radius 1 is 1.04 bits per heavy atom. The number of carbonyl (C=O) groups is 1. The van der Waals surface area contributed by atoms with Gasteiger partial charge in [-0.25, -0.2) is 13.1 Å². The third-order valence-electron chi connectivity index (χ3n) is 3.20. The summed E-state index contributed by atoms with van der Waals surface area (Å²) < 4.78 is 25.6. The fourth-order valence-corrected chi connectivity index (χ4v) is 2.96. The standard InChI is InChI=1S/C17H19N3O3S/c1-13(21)19-24(22,23)17-10-6-15(7-11-17)18-12-14-4-8-16(9-5-14)20(2)3/h4-12H,1-3H3,(H,19,21). The van der Waals surface area contributed by atoms with Crippen LogP contribution in [-0.2, 0) is 14.8 Å². The van der Waals surface area contributed by atoms with Crippen LogP contribution in [0, 0.1) is 0 Å². The molecule has 2 aromatic carbocycles. The molecule has 0 unspecified atom stereocenters. The van der Waals surface area contributed by atoms with E-state index in [2.05, 4.69) is 4.99 Å². The van der Waals surface area contributed by atoms with Crippen LogP contribution in [0.15, 0.2) is 58.4 Å². The van der Waals surface area contributed by atoms with Gasteiger partial charge in [0.25, 0.3) is 10.0 Å². The van der Waals surface area contributed by atoms with Crippen molar-refractivity contribution >= 4 is 33.5 Å². The number of hydrogen-bond acceptors (Lipinski definition) is 5. The van der Waals surface area contributed by atoms with E-state index in [0.29, 0.717) is 5.69 Å². The number of sulfonamides is 1. The highest BCUT2D eigenvalue weighted by Crippen LogP contribution is 2.17. The van der Waals surface area contributed by atoms with Gasteiger partial charge in [0.15, 0.2) is 0 Å². The smallest absolute Gasteiger partial charge is 0.264 e. The Morgan fingerprint density at radius 3 is 2.12 bits per heavy atom. The van der Waals surface area contributed by atoms with Crippen LogP contribution in [0.5, 0.6) is 0 Å². The third-order valence-corrected chi connectivity index (χ3v) is 4.65. The van der Waals surface area contributed by atoms with Gasteiger partial charge in [0.1, 0.15) is 0 Å². The molecule has 126 valence electrons. The van der Waals surface area contributed by atoms with Gasteiger partial charge in [0, 0.05) is 32.9 Å². The minimum atomic E-state index is -3.81. The van der Waals surface area contributed by atoms with Crippen molar-refractivity contribution < 1.29 is 13.2 Å². The number of carbonyl (C=O) groups excluding carboxylic acids is 1. The van der Waals surface area contributed by atoms with Crippen LogP contribution < -0.4 is 9.62 Å². The Labute approximate surface area is 141 Å². The quantitative estimate of drug-likeness (QED) is 0.844. The molecule has 0 saturated carbocycles. The molecule has 2 rings (SSSR count). The minimum absolute atomic E-state index is 0.0204. The second kappa shape index (κ2) is 7.27. The fraction of sp³-hybridized carbons (Fsp3) is 0.176. The lowest BCUT2D eigenvalue weighted by molar-refractivity contribution is -0.117. The molecule has 24 heavy (non-hydrogen) atoms. The number of rotatable bonds is 5. The van der Waals surface area contributed by atoms with Crippen molar-refractivity contribution in [2.75, 3.05) is 19.0 Å². The van der Waals surface area contributed by atoms with E-state index in [1.807, 2.05) is 48.0 Å². The highest BCUT2D eigenvalue weighted by atomic mass is 32.2. The highest BCUT2D eigenvalue weighted by molar-refractivity contribution is 7.90. The molecule has 6 nitrogen and oxygen atoms in total. The Bertz CT molecular complexity index is 840. The number of hydrogen-bond donors (Lipinski definition) is 1. The summed E-state index contributed by atoms with van der Waals surface area (Å²) in [6.45, 7) is 1.15. The van der Waals surface area contributed by atoms with Crippen LogP contribution in [0.1, 0.15) is 12.5 Å². The van der Waals surface area contributed by atoms with Crippen molar-refractivity contribution in [2.24, 2.45) is 4.99 Å². The number of benzene rings is 2. The molecule has 0 atom stereocenters. The summed E-state index contributed by atoms with van der Waals surface area (Å²) in [7, 11) is 0.131. The molecule has 0 aliphatic carbocycles. The molecule has 0 spiro atoms. The van der Waals surface area contributed by atoms with Crippen molar-refractivity contribution in [2.45, 2.75) is 11.8 Å².